The van der Waals surface area contributed by atoms with Crippen molar-refractivity contribution in [3.63, 3.8) is 0 Å². The summed E-state index contributed by atoms with van der Waals surface area (Å²) >= 11 is 0. The van der Waals surface area contributed by atoms with E-state index < -0.39 is 0 Å². The van der Waals surface area contributed by atoms with Gasteiger partial charge in [-0.2, -0.15) is 0 Å². The van der Waals surface area contributed by atoms with Crippen molar-refractivity contribution < 1.29 is 9.21 Å². The van der Waals surface area contributed by atoms with Crippen LogP contribution < -0.4 is 5.56 Å². The number of carbonyl (C=O) groups is 1. The van der Waals surface area contributed by atoms with Gasteiger partial charge in [0.1, 0.15) is 11.5 Å². The van der Waals surface area contributed by atoms with Crippen LogP contribution in [0.2, 0.25) is 0 Å². The molecular weight excluding hydrogens is 352 g/mol. The average molecular weight is 374 g/mol. The smallest absolute Gasteiger partial charge is 0.257 e. The highest BCUT2D eigenvalue weighted by atomic mass is 16.3. The molecule has 2 bridgehead atoms. The predicted molar refractivity (Wildman–Crippen MR) is 106 cm³/mol. The van der Waals surface area contributed by atoms with Crippen LogP contribution in [0.5, 0.6) is 0 Å². The summed E-state index contributed by atoms with van der Waals surface area (Å²) in [4.78, 5) is 27.4. The van der Waals surface area contributed by atoms with Crippen LogP contribution in [0.4, 0.5) is 0 Å². The molecule has 5 heteroatoms. The predicted octanol–water partition coefficient (Wildman–Crippen LogP) is 3.68. The number of hydrogen-bond acceptors (Lipinski definition) is 3. The topological polar surface area (TPSA) is 55.5 Å². The molecule has 1 amide bonds. The summed E-state index contributed by atoms with van der Waals surface area (Å²) in [6, 6.07) is 17.2. The second-order valence-electron chi connectivity index (χ2n) is 7.85. The van der Waals surface area contributed by atoms with Gasteiger partial charge in [-0.05, 0) is 31.4 Å². The molecule has 142 valence electrons. The summed E-state index contributed by atoms with van der Waals surface area (Å²) in [5, 5.41) is 0. The number of amides is 1. The van der Waals surface area contributed by atoms with Crippen molar-refractivity contribution in [2.24, 2.45) is 5.92 Å². The van der Waals surface area contributed by atoms with Crippen LogP contribution in [-0.2, 0) is 6.54 Å². The van der Waals surface area contributed by atoms with E-state index in [0.29, 0.717) is 36.9 Å². The highest BCUT2D eigenvalue weighted by Gasteiger charge is 2.37. The number of likely N-dealkylation sites (tertiary alicyclic amines) is 1. The standard InChI is InChI=1S/C23H22N2O3/c1-15-19(11-21(28-15)17-6-3-2-4-7-17)23(27)24-12-16-10-18(14-24)20-8-5-9-22(26)25(20)13-16/h2-9,11,16,18H,10,12-14H2,1H3. The van der Waals surface area contributed by atoms with Gasteiger partial charge >= 0.3 is 0 Å². The van der Waals surface area contributed by atoms with Crippen molar-refractivity contribution in [2.75, 3.05) is 13.1 Å². The Balaban J connectivity index is 1.43. The van der Waals surface area contributed by atoms with Gasteiger partial charge in [-0.1, -0.05) is 36.4 Å². The van der Waals surface area contributed by atoms with Crippen LogP contribution in [0.25, 0.3) is 11.3 Å². The summed E-state index contributed by atoms with van der Waals surface area (Å²) in [6.45, 7) is 3.86. The van der Waals surface area contributed by atoms with Crippen LogP contribution >= 0.6 is 0 Å². The summed E-state index contributed by atoms with van der Waals surface area (Å²) in [7, 11) is 0. The van der Waals surface area contributed by atoms with Crippen LogP contribution in [0.3, 0.4) is 0 Å². The minimum atomic E-state index is 0.0184. The first-order valence-corrected chi connectivity index (χ1v) is 9.75. The van der Waals surface area contributed by atoms with Crippen molar-refractivity contribution in [1.82, 2.24) is 9.47 Å². The summed E-state index contributed by atoms with van der Waals surface area (Å²) in [5.74, 6) is 1.92. The zero-order valence-corrected chi connectivity index (χ0v) is 15.8. The Morgan fingerprint density at radius 3 is 2.68 bits per heavy atom. The third kappa shape index (κ3) is 2.78. The Labute approximate surface area is 163 Å². The summed E-state index contributed by atoms with van der Waals surface area (Å²) in [6.07, 6.45) is 1.03. The first-order valence-electron chi connectivity index (χ1n) is 9.75. The van der Waals surface area contributed by atoms with E-state index in [4.69, 9.17) is 4.42 Å². The summed E-state index contributed by atoms with van der Waals surface area (Å²) in [5.41, 5.74) is 2.71. The average Bonchev–Trinajstić information content (AvgIpc) is 3.10. The number of hydrogen-bond donors (Lipinski definition) is 0. The molecule has 0 saturated carbocycles. The highest BCUT2D eigenvalue weighted by molar-refractivity contribution is 5.96. The largest absolute Gasteiger partial charge is 0.461 e. The Morgan fingerprint density at radius 2 is 1.86 bits per heavy atom. The van der Waals surface area contributed by atoms with E-state index in [1.165, 1.54) is 0 Å². The van der Waals surface area contributed by atoms with Gasteiger partial charge in [-0.3, -0.25) is 9.59 Å². The number of piperidine rings is 1. The maximum atomic E-state index is 13.3. The number of furan rings is 1. The molecule has 2 aliphatic heterocycles. The van der Waals surface area contributed by atoms with Gasteiger partial charge in [0.2, 0.25) is 0 Å². The number of carbonyl (C=O) groups excluding carboxylic acids is 1. The Kier molecular flexibility index (Phi) is 3.97. The molecule has 0 radical (unpaired) electrons. The van der Waals surface area contributed by atoms with E-state index in [9.17, 15) is 9.59 Å². The van der Waals surface area contributed by atoms with Crippen LogP contribution in [0.1, 0.15) is 34.2 Å². The molecule has 3 aromatic rings. The molecule has 2 atom stereocenters. The SMILES string of the molecule is Cc1oc(-c2ccccc2)cc1C(=O)N1CC2CC(C1)c1cccc(=O)n1C2. The molecule has 4 heterocycles. The third-order valence-corrected chi connectivity index (χ3v) is 5.97. The maximum absolute atomic E-state index is 13.3. The van der Waals surface area contributed by atoms with E-state index in [1.54, 1.807) is 6.07 Å². The minimum absolute atomic E-state index is 0.0184. The lowest BCUT2D eigenvalue weighted by molar-refractivity contribution is 0.0593. The van der Waals surface area contributed by atoms with Crippen molar-refractivity contribution >= 4 is 5.91 Å². The fourth-order valence-electron chi connectivity index (χ4n) is 4.67. The molecule has 28 heavy (non-hydrogen) atoms. The number of fused-ring (bicyclic) bond motifs is 4. The van der Waals surface area contributed by atoms with E-state index in [2.05, 4.69) is 0 Å². The zero-order valence-electron chi connectivity index (χ0n) is 15.8. The molecule has 5 rings (SSSR count). The fraction of sp³-hybridized carbons (Fsp3) is 0.304. The van der Waals surface area contributed by atoms with Crippen molar-refractivity contribution in [2.45, 2.75) is 25.8 Å². The lowest BCUT2D eigenvalue weighted by Crippen LogP contribution is -2.49. The van der Waals surface area contributed by atoms with Crippen molar-refractivity contribution in [3.05, 3.63) is 82.0 Å². The molecule has 2 aromatic heterocycles. The molecule has 1 fully saturated rings. The highest BCUT2D eigenvalue weighted by Crippen LogP contribution is 2.36. The quantitative estimate of drug-likeness (QED) is 0.688. The molecule has 1 aromatic carbocycles. The Hall–Kier alpha value is -3.08. The van der Waals surface area contributed by atoms with Crippen LogP contribution in [-0.4, -0.2) is 28.5 Å². The van der Waals surface area contributed by atoms with Gasteiger partial charge in [0, 0.05) is 42.9 Å². The van der Waals surface area contributed by atoms with E-state index in [-0.39, 0.29) is 17.4 Å². The first kappa shape index (κ1) is 17.0. The van der Waals surface area contributed by atoms with Gasteiger partial charge in [0.25, 0.3) is 11.5 Å². The number of aryl methyl sites for hydroxylation is 1. The monoisotopic (exact) mass is 374 g/mol. The summed E-state index contributed by atoms with van der Waals surface area (Å²) < 4.78 is 7.77. The van der Waals surface area contributed by atoms with E-state index in [0.717, 1.165) is 23.4 Å². The second-order valence-corrected chi connectivity index (χ2v) is 7.85. The van der Waals surface area contributed by atoms with Crippen molar-refractivity contribution in [1.29, 1.82) is 0 Å². The van der Waals surface area contributed by atoms with Gasteiger partial charge in [-0.25, -0.2) is 0 Å². The fourth-order valence-corrected chi connectivity index (χ4v) is 4.67. The van der Waals surface area contributed by atoms with E-state index >= 15 is 0 Å². The minimum Gasteiger partial charge on any atom is -0.461 e. The number of aromatic nitrogens is 1. The van der Waals surface area contributed by atoms with Gasteiger partial charge in [-0.15, -0.1) is 0 Å². The second kappa shape index (κ2) is 6.51. The molecule has 2 aliphatic rings. The van der Waals surface area contributed by atoms with Gasteiger partial charge in [0.15, 0.2) is 0 Å². The first-order chi connectivity index (χ1) is 13.6. The maximum Gasteiger partial charge on any atom is 0.257 e. The van der Waals surface area contributed by atoms with E-state index in [1.807, 2.05) is 64.9 Å². The normalized spacial score (nSPS) is 20.7. The number of nitrogens with zero attached hydrogens (tertiary/aromatic N) is 2. The van der Waals surface area contributed by atoms with Crippen LogP contribution in [0, 0.1) is 12.8 Å². The van der Waals surface area contributed by atoms with Crippen LogP contribution in [0.15, 0.2) is 63.8 Å². The number of rotatable bonds is 2. The number of pyridine rings is 1. The molecular formula is C23H22N2O3. The Morgan fingerprint density at radius 1 is 1.04 bits per heavy atom. The molecule has 0 aliphatic carbocycles. The molecule has 1 saturated heterocycles. The van der Waals surface area contributed by atoms with Gasteiger partial charge < -0.3 is 13.9 Å². The number of benzene rings is 1. The zero-order chi connectivity index (χ0) is 19.3. The lowest BCUT2D eigenvalue weighted by atomic mass is 9.83. The lowest BCUT2D eigenvalue weighted by Gasteiger charge is -2.42. The molecule has 0 spiro atoms. The van der Waals surface area contributed by atoms with Crippen molar-refractivity contribution in [3.8, 4) is 11.3 Å². The Bertz CT molecular complexity index is 1100. The third-order valence-electron chi connectivity index (χ3n) is 5.97. The molecule has 5 nitrogen and oxygen atoms in total. The molecule has 0 N–H and O–H groups in total. The molecule has 2 unspecified atom stereocenters. The van der Waals surface area contributed by atoms with Gasteiger partial charge in [0.05, 0.1) is 5.56 Å².